The summed E-state index contributed by atoms with van der Waals surface area (Å²) in [5.74, 6) is 1.63. The van der Waals surface area contributed by atoms with E-state index in [0.29, 0.717) is 23.8 Å². The zero-order valence-corrected chi connectivity index (χ0v) is 12.5. The summed E-state index contributed by atoms with van der Waals surface area (Å²) in [5, 5.41) is 3.60. The van der Waals surface area contributed by atoms with Crippen molar-refractivity contribution in [2.45, 2.75) is 78.0 Å². The monoisotopic (exact) mass is 252 g/mol. The van der Waals surface area contributed by atoms with Gasteiger partial charge >= 0.3 is 0 Å². The number of nitrogens with one attached hydrogen (secondary N) is 1. The highest BCUT2D eigenvalue weighted by atomic mass is 16.2. The van der Waals surface area contributed by atoms with Crippen molar-refractivity contribution in [2.24, 2.45) is 11.8 Å². The number of carbonyl (C=O) groups is 1. The Bertz CT molecular complexity index is 320. The van der Waals surface area contributed by atoms with Gasteiger partial charge in [0.2, 0.25) is 5.91 Å². The molecule has 2 atom stereocenters. The van der Waals surface area contributed by atoms with E-state index in [2.05, 4.69) is 44.8 Å². The predicted octanol–water partition coefficient (Wildman–Crippen LogP) is 2.76. The summed E-state index contributed by atoms with van der Waals surface area (Å²) in [5.41, 5.74) is -0.162. The Labute approximate surface area is 111 Å². The van der Waals surface area contributed by atoms with Crippen molar-refractivity contribution in [3.8, 4) is 0 Å². The van der Waals surface area contributed by atoms with E-state index in [0.717, 1.165) is 25.7 Å². The summed E-state index contributed by atoms with van der Waals surface area (Å²) in [6.07, 6.45) is 4.48. The third kappa shape index (κ3) is 2.56. The van der Waals surface area contributed by atoms with E-state index < -0.39 is 0 Å². The van der Waals surface area contributed by atoms with Gasteiger partial charge in [0, 0.05) is 6.04 Å². The second-order valence-corrected chi connectivity index (χ2v) is 7.06. The van der Waals surface area contributed by atoms with E-state index in [4.69, 9.17) is 0 Å². The highest BCUT2D eigenvalue weighted by Gasteiger charge is 2.59. The van der Waals surface area contributed by atoms with Crippen LogP contribution in [-0.2, 0) is 4.79 Å². The van der Waals surface area contributed by atoms with E-state index in [-0.39, 0.29) is 11.7 Å². The quantitative estimate of drug-likeness (QED) is 0.816. The van der Waals surface area contributed by atoms with Gasteiger partial charge in [0.15, 0.2) is 0 Å². The molecule has 0 bridgehead atoms. The smallest absolute Gasteiger partial charge is 0.244 e. The summed E-state index contributed by atoms with van der Waals surface area (Å²) in [4.78, 5) is 14.7. The van der Waals surface area contributed by atoms with Crippen molar-refractivity contribution in [2.75, 3.05) is 0 Å². The third-order valence-electron chi connectivity index (χ3n) is 4.15. The number of nitrogens with zero attached hydrogens (tertiary/aromatic N) is 1. The number of amides is 1. The highest BCUT2D eigenvalue weighted by Crippen LogP contribution is 2.44. The molecule has 0 radical (unpaired) electrons. The second-order valence-electron chi connectivity index (χ2n) is 7.06. The molecule has 1 saturated carbocycles. The molecule has 2 unspecified atom stereocenters. The first-order valence-electron chi connectivity index (χ1n) is 7.46. The van der Waals surface area contributed by atoms with Crippen LogP contribution < -0.4 is 5.32 Å². The van der Waals surface area contributed by atoms with Gasteiger partial charge in [-0.15, -0.1) is 0 Å². The lowest BCUT2D eigenvalue weighted by Crippen LogP contribution is -2.44. The molecule has 1 N–H and O–H groups in total. The third-order valence-corrected chi connectivity index (χ3v) is 4.15. The van der Waals surface area contributed by atoms with Crippen LogP contribution in [0.1, 0.15) is 60.3 Å². The van der Waals surface area contributed by atoms with Crippen LogP contribution in [0.4, 0.5) is 0 Å². The standard InChI is InChI=1S/C15H28N2O/c1-10(2)8-12(5)17-13(9-11(3)4)16-15(6-7-15)14(17)18/h10-13,16H,6-9H2,1-5H3. The number of hydrogen-bond donors (Lipinski definition) is 1. The SMILES string of the molecule is CC(C)CC(C)N1C(=O)C2(CC2)NC1CC(C)C. The molecule has 3 heteroatoms. The first-order valence-corrected chi connectivity index (χ1v) is 7.46. The molecule has 3 nitrogen and oxygen atoms in total. The first-order chi connectivity index (χ1) is 8.35. The maximum absolute atomic E-state index is 12.6. The Kier molecular flexibility index (Phi) is 3.72. The van der Waals surface area contributed by atoms with Crippen LogP contribution in [0.15, 0.2) is 0 Å². The summed E-state index contributed by atoms with van der Waals surface area (Å²) in [7, 11) is 0. The molecule has 1 amide bonds. The van der Waals surface area contributed by atoms with Crippen molar-refractivity contribution in [3.05, 3.63) is 0 Å². The van der Waals surface area contributed by atoms with Crippen LogP contribution in [0, 0.1) is 11.8 Å². The van der Waals surface area contributed by atoms with Crippen LogP contribution in [0.2, 0.25) is 0 Å². The van der Waals surface area contributed by atoms with Crippen LogP contribution in [0.3, 0.4) is 0 Å². The maximum Gasteiger partial charge on any atom is 0.244 e. The Morgan fingerprint density at radius 1 is 1.22 bits per heavy atom. The van der Waals surface area contributed by atoms with Gasteiger partial charge in [-0.25, -0.2) is 0 Å². The second kappa shape index (κ2) is 4.84. The average molecular weight is 252 g/mol. The molecule has 18 heavy (non-hydrogen) atoms. The highest BCUT2D eigenvalue weighted by molar-refractivity contribution is 5.92. The fourth-order valence-corrected chi connectivity index (χ4v) is 3.24. The molecule has 2 rings (SSSR count). The molecular weight excluding hydrogens is 224 g/mol. The molecule has 1 aliphatic heterocycles. The van der Waals surface area contributed by atoms with Gasteiger partial charge in [0.1, 0.15) is 0 Å². The van der Waals surface area contributed by atoms with E-state index in [1.54, 1.807) is 0 Å². The zero-order chi connectivity index (χ0) is 13.5. The van der Waals surface area contributed by atoms with Gasteiger partial charge in [-0.1, -0.05) is 27.7 Å². The van der Waals surface area contributed by atoms with Gasteiger partial charge in [0.05, 0.1) is 11.7 Å². The first kappa shape index (κ1) is 13.9. The fourth-order valence-electron chi connectivity index (χ4n) is 3.24. The Balaban J connectivity index is 2.10. The minimum Gasteiger partial charge on any atom is -0.323 e. The van der Waals surface area contributed by atoms with Crippen molar-refractivity contribution < 1.29 is 4.79 Å². The number of carbonyl (C=O) groups excluding carboxylic acids is 1. The van der Waals surface area contributed by atoms with E-state index in [1.807, 2.05) is 0 Å². The zero-order valence-electron chi connectivity index (χ0n) is 12.5. The molecule has 1 spiro atoms. The molecule has 104 valence electrons. The minimum absolute atomic E-state index is 0.162. The molecule has 0 aromatic heterocycles. The van der Waals surface area contributed by atoms with Crippen LogP contribution in [0.5, 0.6) is 0 Å². The van der Waals surface area contributed by atoms with Crippen molar-refractivity contribution >= 4 is 5.91 Å². The minimum atomic E-state index is -0.162. The molecule has 0 aromatic carbocycles. The lowest BCUT2D eigenvalue weighted by Gasteiger charge is -2.32. The molecule has 2 aliphatic rings. The van der Waals surface area contributed by atoms with Crippen LogP contribution in [-0.4, -0.2) is 28.6 Å². The summed E-state index contributed by atoms with van der Waals surface area (Å²) < 4.78 is 0. The van der Waals surface area contributed by atoms with Gasteiger partial charge < -0.3 is 4.90 Å². The van der Waals surface area contributed by atoms with E-state index >= 15 is 0 Å². The van der Waals surface area contributed by atoms with Gasteiger partial charge in [-0.3, -0.25) is 10.1 Å². The Morgan fingerprint density at radius 3 is 2.28 bits per heavy atom. The molecular formula is C15H28N2O. The summed E-state index contributed by atoms with van der Waals surface area (Å²) in [6.45, 7) is 11.1. The fraction of sp³-hybridized carbons (Fsp3) is 0.933. The van der Waals surface area contributed by atoms with Crippen LogP contribution in [0.25, 0.3) is 0 Å². The molecule has 2 fully saturated rings. The topological polar surface area (TPSA) is 32.3 Å². The molecule has 1 heterocycles. The van der Waals surface area contributed by atoms with Crippen molar-refractivity contribution in [1.29, 1.82) is 0 Å². The summed E-state index contributed by atoms with van der Waals surface area (Å²) >= 11 is 0. The van der Waals surface area contributed by atoms with Crippen molar-refractivity contribution in [1.82, 2.24) is 10.2 Å². The molecule has 1 saturated heterocycles. The largest absolute Gasteiger partial charge is 0.323 e. The Morgan fingerprint density at radius 2 is 1.83 bits per heavy atom. The summed E-state index contributed by atoms with van der Waals surface area (Å²) in [6, 6.07) is 0.355. The molecule has 0 aromatic rings. The van der Waals surface area contributed by atoms with Gasteiger partial charge in [-0.2, -0.15) is 0 Å². The Hall–Kier alpha value is -0.570. The van der Waals surface area contributed by atoms with Gasteiger partial charge in [0.25, 0.3) is 0 Å². The average Bonchev–Trinajstić information content (AvgIpc) is 2.90. The van der Waals surface area contributed by atoms with Gasteiger partial charge in [-0.05, 0) is 44.4 Å². The van der Waals surface area contributed by atoms with E-state index in [9.17, 15) is 4.79 Å². The predicted molar refractivity (Wildman–Crippen MR) is 74.1 cm³/mol. The van der Waals surface area contributed by atoms with E-state index in [1.165, 1.54) is 0 Å². The number of rotatable bonds is 5. The molecule has 1 aliphatic carbocycles. The van der Waals surface area contributed by atoms with Crippen molar-refractivity contribution in [3.63, 3.8) is 0 Å². The maximum atomic E-state index is 12.6. The lowest BCUT2D eigenvalue weighted by molar-refractivity contribution is -0.133. The lowest BCUT2D eigenvalue weighted by atomic mass is 10.0. The number of hydrogen-bond acceptors (Lipinski definition) is 2. The normalized spacial score (nSPS) is 27.6. The van der Waals surface area contributed by atoms with Crippen LogP contribution >= 0.6 is 0 Å².